The molecule has 196 valence electrons. The highest BCUT2D eigenvalue weighted by Gasteiger charge is 2.49. The van der Waals surface area contributed by atoms with Gasteiger partial charge >= 0.3 is 6.03 Å². The summed E-state index contributed by atoms with van der Waals surface area (Å²) in [7, 11) is 4.06. The number of carbonyl (C=O) groups excluding carboxylic acids is 1. The third kappa shape index (κ3) is 3.93. The number of fused-ring (bicyclic) bond motifs is 2. The summed E-state index contributed by atoms with van der Waals surface area (Å²) in [6, 6.07) is 16.8. The molecule has 1 unspecified atom stereocenters. The molecule has 0 bridgehead atoms. The molecule has 1 aromatic heterocycles. The number of likely N-dealkylation sites (N-methyl/N-ethyl adjacent to an activating group) is 1. The quantitative estimate of drug-likeness (QED) is 0.537. The van der Waals surface area contributed by atoms with Crippen LogP contribution in [0.1, 0.15) is 36.4 Å². The van der Waals surface area contributed by atoms with Crippen LogP contribution in [0.3, 0.4) is 0 Å². The van der Waals surface area contributed by atoms with Gasteiger partial charge in [0.2, 0.25) is 5.95 Å². The number of hydrogen-bond acceptors (Lipinski definition) is 7. The molecule has 0 radical (unpaired) electrons. The second-order valence-electron chi connectivity index (χ2n) is 11.1. The van der Waals surface area contributed by atoms with Gasteiger partial charge in [-0.1, -0.05) is 18.2 Å². The van der Waals surface area contributed by atoms with Crippen LogP contribution in [0.2, 0.25) is 0 Å². The summed E-state index contributed by atoms with van der Waals surface area (Å²) in [5, 5.41) is 6.78. The van der Waals surface area contributed by atoms with Crippen molar-refractivity contribution in [3.8, 4) is 0 Å². The molecule has 4 heterocycles. The van der Waals surface area contributed by atoms with Crippen LogP contribution in [0.5, 0.6) is 0 Å². The zero-order valence-electron chi connectivity index (χ0n) is 22.0. The van der Waals surface area contributed by atoms with E-state index in [0.717, 1.165) is 55.1 Å². The molecule has 2 N–H and O–H groups in total. The Balaban J connectivity index is 1.07. The zero-order valence-corrected chi connectivity index (χ0v) is 22.0. The van der Waals surface area contributed by atoms with Crippen LogP contribution in [0.4, 0.5) is 33.6 Å². The fraction of sp³-hybridized carbons (Fsp3) is 0.414. The molecule has 2 fully saturated rings. The monoisotopic (exact) mass is 510 g/mol. The highest BCUT2D eigenvalue weighted by molar-refractivity contribution is 5.93. The van der Waals surface area contributed by atoms with Crippen molar-refractivity contribution in [1.82, 2.24) is 19.8 Å². The van der Waals surface area contributed by atoms with E-state index < -0.39 is 0 Å². The molecule has 1 aliphatic carbocycles. The summed E-state index contributed by atoms with van der Waals surface area (Å²) in [6.45, 7) is 4.61. The lowest BCUT2D eigenvalue weighted by Crippen LogP contribution is -2.53. The molecule has 38 heavy (non-hydrogen) atoms. The Morgan fingerprint density at radius 2 is 1.87 bits per heavy atom. The molecule has 1 saturated carbocycles. The van der Waals surface area contributed by atoms with Gasteiger partial charge in [-0.25, -0.2) is 9.78 Å². The second-order valence-corrected chi connectivity index (χ2v) is 11.1. The number of hydrogen-bond donors (Lipinski definition) is 2. The molecule has 3 aliphatic heterocycles. The van der Waals surface area contributed by atoms with E-state index in [2.05, 4.69) is 68.9 Å². The highest BCUT2D eigenvalue weighted by atomic mass is 16.2. The van der Waals surface area contributed by atoms with Crippen LogP contribution in [0.25, 0.3) is 0 Å². The van der Waals surface area contributed by atoms with E-state index >= 15 is 0 Å². The number of nitrogens with zero attached hydrogens (tertiary/aromatic N) is 6. The maximum atomic E-state index is 13.5. The minimum absolute atomic E-state index is 0.0296. The minimum Gasteiger partial charge on any atom is -0.385 e. The van der Waals surface area contributed by atoms with Crippen LogP contribution in [0, 0.1) is 0 Å². The van der Waals surface area contributed by atoms with Gasteiger partial charge in [-0.2, -0.15) is 4.98 Å². The first-order chi connectivity index (χ1) is 18.5. The molecule has 1 spiro atoms. The average Bonchev–Trinajstić information content (AvgIpc) is 3.73. The normalized spacial score (nSPS) is 22.1. The summed E-state index contributed by atoms with van der Waals surface area (Å²) in [4.78, 5) is 31.4. The van der Waals surface area contributed by atoms with E-state index in [9.17, 15) is 4.79 Å². The number of urea groups is 1. The third-order valence-electron chi connectivity index (χ3n) is 8.78. The Labute approximate surface area is 223 Å². The molecular weight excluding hydrogens is 476 g/mol. The largest absolute Gasteiger partial charge is 0.385 e. The predicted molar refractivity (Wildman–Crippen MR) is 150 cm³/mol. The topological polar surface area (TPSA) is 79.9 Å². The van der Waals surface area contributed by atoms with Crippen molar-refractivity contribution in [2.75, 3.05) is 60.7 Å². The first-order valence-corrected chi connectivity index (χ1v) is 13.6. The van der Waals surface area contributed by atoms with E-state index in [0.29, 0.717) is 23.8 Å². The van der Waals surface area contributed by atoms with Crippen molar-refractivity contribution in [2.45, 2.75) is 37.4 Å². The highest BCUT2D eigenvalue weighted by Crippen LogP contribution is 2.44. The van der Waals surface area contributed by atoms with Crippen molar-refractivity contribution in [1.29, 1.82) is 0 Å². The molecule has 9 heteroatoms. The number of para-hydroxylation sites is 1. The smallest absolute Gasteiger partial charge is 0.326 e. The maximum absolute atomic E-state index is 13.5. The summed E-state index contributed by atoms with van der Waals surface area (Å²) in [5.74, 6) is 1.16. The van der Waals surface area contributed by atoms with Crippen LogP contribution < -0.4 is 20.4 Å². The number of piperazine rings is 1. The van der Waals surface area contributed by atoms with Crippen molar-refractivity contribution in [3.63, 3.8) is 0 Å². The van der Waals surface area contributed by atoms with E-state index in [1.165, 1.54) is 18.5 Å². The van der Waals surface area contributed by atoms with E-state index in [-0.39, 0.29) is 12.1 Å². The average molecular weight is 511 g/mol. The van der Waals surface area contributed by atoms with Crippen LogP contribution in [-0.4, -0.2) is 71.6 Å². The van der Waals surface area contributed by atoms with Gasteiger partial charge in [0.1, 0.15) is 5.82 Å². The van der Waals surface area contributed by atoms with Gasteiger partial charge in [-0.15, -0.1) is 0 Å². The predicted octanol–water partition coefficient (Wildman–Crippen LogP) is 4.43. The number of nitrogens with one attached hydrogen (secondary N) is 2. The molecular formula is C29H34N8O. The molecule has 7 rings (SSSR count). The zero-order chi connectivity index (χ0) is 25.9. The van der Waals surface area contributed by atoms with Crippen molar-refractivity contribution < 1.29 is 4.79 Å². The Bertz CT molecular complexity index is 1370. The lowest BCUT2D eigenvalue weighted by Gasteiger charge is -2.41. The summed E-state index contributed by atoms with van der Waals surface area (Å²) < 4.78 is 0. The lowest BCUT2D eigenvalue weighted by molar-refractivity contribution is 0.170. The maximum Gasteiger partial charge on any atom is 0.326 e. The first-order valence-electron chi connectivity index (χ1n) is 13.6. The molecule has 3 aromatic rings. The molecule has 2 aromatic carbocycles. The Morgan fingerprint density at radius 1 is 1.05 bits per heavy atom. The third-order valence-corrected chi connectivity index (χ3v) is 8.78. The summed E-state index contributed by atoms with van der Waals surface area (Å²) in [6.07, 6.45) is 5.32. The standard InChI is InChI=1S/C29H34N8O/c1-34-15-16-36(19-29(34)12-13-29)22-9-7-21(8-10-22)32-27-31-17-20-18-37(28(38)35(2)26(20)33-27)25-11-14-30-24-6-4-3-5-23(24)25/h3-10,17,25,30H,11-16,18-19H2,1-2H3,(H,31,32,33). The number of anilines is 5. The number of benzene rings is 2. The van der Waals surface area contributed by atoms with Crippen molar-refractivity contribution in [2.24, 2.45) is 0 Å². The van der Waals surface area contributed by atoms with Crippen LogP contribution in [0.15, 0.2) is 54.7 Å². The SMILES string of the molecule is CN1C(=O)N(C2CCNc3ccccc32)Cc2cnc(Nc3ccc(N4CCN(C)C5(CC5)C4)cc3)nc21. The minimum atomic E-state index is -0.0335. The molecule has 9 nitrogen and oxygen atoms in total. The lowest BCUT2D eigenvalue weighted by atomic mass is 9.95. The number of amides is 2. The van der Waals surface area contributed by atoms with Gasteiger partial charge in [0.05, 0.1) is 12.6 Å². The fourth-order valence-electron chi connectivity index (χ4n) is 6.26. The second kappa shape index (κ2) is 8.87. The number of carbonyl (C=O) groups is 1. The van der Waals surface area contributed by atoms with Gasteiger partial charge in [0, 0.05) is 67.6 Å². The van der Waals surface area contributed by atoms with Gasteiger partial charge in [0.25, 0.3) is 0 Å². The Hall–Kier alpha value is -3.85. The van der Waals surface area contributed by atoms with Gasteiger partial charge in [-0.05, 0) is 62.2 Å². The summed E-state index contributed by atoms with van der Waals surface area (Å²) in [5.41, 5.74) is 5.80. The van der Waals surface area contributed by atoms with Gasteiger partial charge < -0.3 is 20.4 Å². The molecule has 2 amide bonds. The summed E-state index contributed by atoms with van der Waals surface area (Å²) >= 11 is 0. The van der Waals surface area contributed by atoms with Crippen LogP contribution in [-0.2, 0) is 6.54 Å². The van der Waals surface area contributed by atoms with E-state index in [1.807, 2.05) is 23.2 Å². The molecule has 1 atom stereocenters. The van der Waals surface area contributed by atoms with Crippen LogP contribution >= 0.6 is 0 Å². The van der Waals surface area contributed by atoms with E-state index in [1.54, 1.807) is 11.9 Å². The number of aromatic nitrogens is 2. The molecule has 4 aliphatic rings. The Kier molecular flexibility index (Phi) is 5.43. The first kappa shape index (κ1) is 23.3. The number of rotatable bonds is 4. The molecule has 1 saturated heterocycles. The fourth-order valence-corrected chi connectivity index (χ4v) is 6.26. The van der Waals surface area contributed by atoms with Crippen molar-refractivity contribution in [3.05, 3.63) is 65.9 Å². The Morgan fingerprint density at radius 3 is 2.68 bits per heavy atom. The van der Waals surface area contributed by atoms with Gasteiger partial charge in [-0.3, -0.25) is 9.80 Å². The van der Waals surface area contributed by atoms with Crippen molar-refractivity contribution >= 4 is 34.9 Å². The van der Waals surface area contributed by atoms with Gasteiger partial charge in [0.15, 0.2) is 0 Å². The van der Waals surface area contributed by atoms with E-state index in [4.69, 9.17) is 4.98 Å².